The number of nitrogens with zero attached hydrogens (tertiary/aromatic N) is 2. The molecule has 2 rings (SSSR count). The molecule has 0 spiro atoms. The van der Waals surface area contributed by atoms with Gasteiger partial charge in [-0.05, 0) is 36.4 Å². The molecule has 0 radical (unpaired) electrons. The van der Waals surface area contributed by atoms with Crippen molar-refractivity contribution in [2.24, 2.45) is 0 Å². The molecule has 0 fully saturated rings. The van der Waals surface area contributed by atoms with Gasteiger partial charge in [0, 0.05) is 12.7 Å². The highest BCUT2D eigenvalue weighted by molar-refractivity contribution is 7.91. The second-order valence-corrected chi connectivity index (χ2v) is 6.53. The number of pyridine rings is 1. The van der Waals surface area contributed by atoms with Crippen molar-refractivity contribution in [2.75, 3.05) is 11.5 Å². The second kappa shape index (κ2) is 5.81. The molecule has 7 heteroatoms. The monoisotopic (exact) mass is 303 g/mol. The van der Waals surface area contributed by atoms with E-state index in [2.05, 4.69) is 0 Å². The third-order valence-electron chi connectivity index (χ3n) is 2.99. The fourth-order valence-corrected chi connectivity index (χ4v) is 3.03. The van der Waals surface area contributed by atoms with E-state index in [4.69, 9.17) is 11.0 Å². The Labute approximate surface area is 122 Å². The molecule has 2 N–H and O–H groups in total. The van der Waals surface area contributed by atoms with E-state index in [1.807, 2.05) is 6.07 Å². The summed E-state index contributed by atoms with van der Waals surface area (Å²) in [5.41, 5.74) is 5.55. The van der Waals surface area contributed by atoms with Gasteiger partial charge in [-0.3, -0.25) is 4.79 Å². The van der Waals surface area contributed by atoms with Crippen LogP contribution < -0.4 is 11.3 Å². The van der Waals surface area contributed by atoms with Crippen LogP contribution in [0, 0.1) is 11.3 Å². The standard InChI is InChI=1S/C14H13N3O3S/c15-10-11-3-5-12(6-4-11)21(19,20)9-8-17-7-1-2-13(16)14(17)18/h1-7H,8-9,16H2. The average molecular weight is 303 g/mol. The van der Waals surface area contributed by atoms with Crippen LogP contribution in [0.4, 0.5) is 5.69 Å². The number of rotatable bonds is 4. The van der Waals surface area contributed by atoms with E-state index in [0.717, 1.165) is 0 Å². The molecule has 1 aromatic heterocycles. The Balaban J connectivity index is 2.20. The lowest BCUT2D eigenvalue weighted by Crippen LogP contribution is -2.25. The van der Waals surface area contributed by atoms with Crippen LogP contribution in [-0.4, -0.2) is 18.7 Å². The summed E-state index contributed by atoms with van der Waals surface area (Å²) in [7, 11) is -3.52. The van der Waals surface area contributed by atoms with Gasteiger partial charge in [0.1, 0.15) is 0 Å². The lowest BCUT2D eigenvalue weighted by Gasteiger charge is -2.07. The molecule has 0 bridgehead atoms. The minimum atomic E-state index is -3.52. The van der Waals surface area contributed by atoms with Crippen molar-refractivity contribution >= 4 is 15.5 Å². The number of anilines is 1. The van der Waals surface area contributed by atoms with Gasteiger partial charge in [-0.15, -0.1) is 0 Å². The van der Waals surface area contributed by atoms with Gasteiger partial charge >= 0.3 is 0 Å². The number of nitrogens with two attached hydrogens (primary N) is 1. The summed E-state index contributed by atoms with van der Waals surface area (Å²) < 4.78 is 25.6. The summed E-state index contributed by atoms with van der Waals surface area (Å²) in [6.07, 6.45) is 1.49. The molecule has 21 heavy (non-hydrogen) atoms. The zero-order valence-electron chi connectivity index (χ0n) is 11.1. The first kappa shape index (κ1) is 14.8. The molecule has 0 amide bonds. The van der Waals surface area contributed by atoms with Crippen LogP contribution in [0.5, 0.6) is 0 Å². The number of benzene rings is 1. The van der Waals surface area contributed by atoms with Gasteiger partial charge in [0.15, 0.2) is 9.84 Å². The van der Waals surface area contributed by atoms with Crippen molar-refractivity contribution in [2.45, 2.75) is 11.4 Å². The SMILES string of the molecule is N#Cc1ccc(S(=O)(=O)CCn2cccc(N)c2=O)cc1. The van der Waals surface area contributed by atoms with E-state index in [1.165, 1.54) is 41.1 Å². The Kier molecular flexibility index (Phi) is 4.10. The molecule has 1 aromatic carbocycles. The first-order valence-corrected chi connectivity index (χ1v) is 7.77. The first-order chi connectivity index (χ1) is 9.94. The molecule has 0 aliphatic carbocycles. The molecule has 0 aliphatic rings. The predicted octanol–water partition coefficient (Wildman–Crippen LogP) is 0.776. The normalized spacial score (nSPS) is 11.0. The minimum absolute atomic E-state index is 0.0200. The Morgan fingerprint density at radius 2 is 1.86 bits per heavy atom. The van der Waals surface area contributed by atoms with Crippen LogP contribution in [0.3, 0.4) is 0 Å². The van der Waals surface area contributed by atoms with Crippen LogP contribution in [0.25, 0.3) is 0 Å². The van der Waals surface area contributed by atoms with Crippen LogP contribution in [0.2, 0.25) is 0 Å². The van der Waals surface area contributed by atoms with Gasteiger partial charge in [0.05, 0.1) is 28.0 Å². The summed E-state index contributed by atoms with van der Waals surface area (Å²) in [5, 5.41) is 8.69. The van der Waals surface area contributed by atoms with Gasteiger partial charge in [0.2, 0.25) is 0 Å². The topological polar surface area (TPSA) is 106 Å². The van der Waals surface area contributed by atoms with Crippen LogP contribution in [0.15, 0.2) is 52.3 Å². The molecule has 108 valence electrons. The van der Waals surface area contributed by atoms with Gasteiger partial charge in [-0.2, -0.15) is 5.26 Å². The maximum atomic E-state index is 12.2. The Bertz CT molecular complexity index is 846. The maximum Gasteiger partial charge on any atom is 0.273 e. The van der Waals surface area contributed by atoms with E-state index >= 15 is 0 Å². The van der Waals surface area contributed by atoms with Crippen molar-refractivity contribution in [3.63, 3.8) is 0 Å². The van der Waals surface area contributed by atoms with Crippen molar-refractivity contribution in [3.8, 4) is 6.07 Å². The number of aryl methyl sites for hydroxylation is 1. The molecule has 0 unspecified atom stereocenters. The van der Waals surface area contributed by atoms with E-state index in [1.54, 1.807) is 6.07 Å². The van der Waals surface area contributed by atoms with Crippen molar-refractivity contribution in [1.29, 1.82) is 5.26 Å². The van der Waals surface area contributed by atoms with Gasteiger partial charge < -0.3 is 10.3 Å². The summed E-state index contributed by atoms with van der Waals surface area (Å²) in [5.74, 6) is -0.220. The molecule has 0 saturated heterocycles. The fraction of sp³-hybridized carbons (Fsp3) is 0.143. The maximum absolute atomic E-state index is 12.2. The summed E-state index contributed by atoms with van der Waals surface area (Å²) in [6, 6.07) is 10.6. The number of hydrogen-bond acceptors (Lipinski definition) is 5. The number of nitriles is 1. The lowest BCUT2D eigenvalue weighted by molar-refractivity contribution is 0.587. The van der Waals surface area contributed by atoms with Crippen molar-refractivity contribution < 1.29 is 8.42 Å². The second-order valence-electron chi connectivity index (χ2n) is 4.42. The molecule has 6 nitrogen and oxygen atoms in total. The van der Waals surface area contributed by atoms with E-state index in [9.17, 15) is 13.2 Å². The third-order valence-corrected chi connectivity index (χ3v) is 4.70. The number of aromatic nitrogens is 1. The molecule has 0 atom stereocenters. The fourth-order valence-electron chi connectivity index (χ4n) is 1.80. The van der Waals surface area contributed by atoms with Gasteiger partial charge in [0.25, 0.3) is 5.56 Å². The largest absolute Gasteiger partial charge is 0.394 e. The molecule has 1 heterocycles. The van der Waals surface area contributed by atoms with E-state index in [-0.39, 0.29) is 22.9 Å². The zero-order valence-corrected chi connectivity index (χ0v) is 11.9. The predicted molar refractivity (Wildman–Crippen MR) is 78.3 cm³/mol. The molecule has 2 aromatic rings. The third kappa shape index (κ3) is 3.30. The van der Waals surface area contributed by atoms with E-state index in [0.29, 0.717) is 5.56 Å². The Hall–Kier alpha value is -2.59. The molecule has 0 aliphatic heterocycles. The van der Waals surface area contributed by atoms with Gasteiger partial charge in [-0.25, -0.2) is 8.42 Å². The van der Waals surface area contributed by atoms with E-state index < -0.39 is 15.4 Å². The number of nitrogen functional groups attached to an aromatic ring is 1. The van der Waals surface area contributed by atoms with Crippen LogP contribution in [-0.2, 0) is 16.4 Å². The highest BCUT2D eigenvalue weighted by Crippen LogP contribution is 2.12. The van der Waals surface area contributed by atoms with Crippen molar-refractivity contribution in [3.05, 3.63) is 58.5 Å². The highest BCUT2D eigenvalue weighted by Gasteiger charge is 2.15. The average Bonchev–Trinajstić information content (AvgIpc) is 2.49. The summed E-state index contributed by atoms with van der Waals surface area (Å²) in [4.78, 5) is 11.8. The first-order valence-electron chi connectivity index (χ1n) is 6.12. The van der Waals surface area contributed by atoms with Crippen LogP contribution in [0.1, 0.15) is 5.56 Å². The molecule has 0 saturated carbocycles. The molecular formula is C14H13N3O3S. The molecular weight excluding hydrogens is 290 g/mol. The number of sulfone groups is 1. The lowest BCUT2D eigenvalue weighted by atomic mass is 10.2. The summed E-state index contributed by atoms with van der Waals surface area (Å²) >= 11 is 0. The minimum Gasteiger partial charge on any atom is -0.394 e. The smallest absolute Gasteiger partial charge is 0.273 e. The van der Waals surface area contributed by atoms with Crippen LogP contribution >= 0.6 is 0 Å². The highest BCUT2D eigenvalue weighted by atomic mass is 32.2. The zero-order chi connectivity index (χ0) is 15.5. The summed E-state index contributed by atoms with van der Waals surface area (Å²) in [6.45, 7) is 0.0200. The quantitative estimate of drug-likeness (QED) is 0.898. The Morgan fingerprint density at radius 3 is 2.48 bits per heavy atom. The van der Waals surface area contributed by atoms with Gasteiger partial charge in [-0.1, -0.05) is 0 Å². The number of hydrogen-bond donors (Lipinski definition) is 1. The Morgan fingerprint density at radius 1 is 1.19 bits per heavy atom. The van der Waals surface area contributed by atoms with Crippen molar-refractivity contribution in [1.82, 2.24) is 4.57 Å².